The fraction of sp³-hybridized carbons (Fsp3) is 0.700. The van der Waals surface area contributed by atoms with Gasteiger partial charge in [0.15, 0.2) is 0 Å². The summed E-state index contributed by atoms with van der Waals surface area (Å²) < 4.78 is 0. The van der Waals surface area contributed by atoms with Crippen LogP contribution in [0.25, 0.3) is 0 Å². The van der Waals surface area contributed by atoms with Crippen molar-refractivity contribution < 1.29 is 48.3 Å². The molecule has 1 saturated heterocycles. The maximum Gasteiger partial charge on any atom is 0.244 e. The fourth-order valence-electron chi connectivity index (χ4n) is 8.19. The predicted octanol–water partition coefficient (Wildman–Crippen LogP) is -2.16. The Morgan fingerprint density at radius 2 is 1.11 bits per heavy atom. The molecule has 1 fully saturated rings. The van der Waals surface area contributed by atoms with Crippen LogP contribution in [0.5, 0.6) is 0 Å². The summed E-state index contributed by atoms with van der Waals surface area (Å²) >= 11 is 0. The van der Waals surface area contributed by atoms with Crippen LogP contribution in [-0.4, -0.2) is 145 Å². The lowest BCUT2D eigenvalue weighted by Crippen LogP contribution is -2.61. The first-order valence-corrected chi connectivity index (χ1v) is 26.0. The number of aliphatic hydroxyl groups is 1. The molecule has 412 valence electrons. The average molecular weight is 1030 g/mol. The third kappa shape index (κ3) is 24.2. The number of benzene rings is 1. The van der Waals surface area contributed by atoms with E-state index in [1.165, 1.54) is 0 Å². The van der Waals surface area contributed by atoms with Crippen molar-refractivity contribution in [2.75, 3.05) is 32.7 Å². The van der Waals surface area contributed by atoms with Gasteiger partial charge in [0, 0.05) is 19.5 Å². The number of carbonyl (C=O) groups excluding carboxylic acids is 9. The van der Waals surface area contributed by atoms with Crippen molar-refractivity contribution >= 4 is 53.2 Å². The Balaban J connectivity index is 2.66. The second kappa shape index (κ2) is 34.6. The number of hydrogen-bond donors (Lipinski definition) is 14. The minimum Gasteiger partial charge on any atom is -0.393 e. The molecule has 0 bridgehead atoms. The highest BCUT2D eigenvalue weighted by Gasteiger charge is 2.35. The van der Waals surface area contributed by atoms with Crippen molar-refractivity contribution in [3.05, 3.63) is 35.9 Å². The summed E-state index contributed by atoms with van der Waals surface area (Å²) in [5, 5.41) is 34.5. The zero-order valence-electron chi connectivity index (χ0n) is 43.6. The number of carbonyl (C=O) groups is 9. The zero-order chi connectivity index (χ0) is 54.5. The molecule has 0 radical (unpaired) electrons. The normalized spacial score (nSPS) is 23.2. The van der Waals surface area contributed by atoms with E-state index in [0.29, 0.717) is 12.0 Å². The molecule has 0 unspecified atom stereocenters. The fourth-order valence-corrected chi connectivity index (χ4v) is 8.19. The van der Waals surface area contributed by atoms with Crippen molar-refractivity contribution in [2.24, 2.45) is 34.8 Å². The van der Waals surface area contributed by atoms with E-state index >= 15 is 0 Å². The number of nitrogens with two attached hydrogens (primary N) is 4. The number of aliphatic hydroxyl groups excluding tert-OH is 1. The Hall–Kier alpha value is -5.75. The monoisotopic (exact) mass is 1030 g/mol. The molecule has 1 aliphatic rings. The Labute approximate surface area is 430 Å². The molecule has 23 nitrogen and oxygen atoms in total. The molecule has 1 aromatic carbocycles. The van der Waals surface area contributed by atoms with Crippen molar-refractivity contribution in [1.82, 2.24) is 47.9 Å². The van der Waals surface area contributed by atoms with E-state index in [-0.39, 0.29) is 89.4 Å². The van der Waals surface area contributed by atoms with Gasteiger partial charge in [0.05, 0.1) is 12.5 Å². The van der Waals surface area contributed by atoms with Crippen LogP contribution in [0.3, 0.4) is 0 Å². The second-order valence-electron chi connectivity index (χ2n) is 19.6. The number of amides is 9. The van der Waals surface area contributed by atoms with Crippen molar-refractivity contribution in [3.63, 3.8) is 0 Å². The summed E-state index contributed by atoms with van der Waals surface area (Å²) in [5.74, 6) is -7.22. The molecule has 2 rings (SSSR count). The van der Waals surface area contributed by atoms with Crippen LogP contribution in [0.4, 0.5) is 0 Å². The van der Waals surface area contributed by atoms with Gasteiger partial charge in [-0.25, -0.2) is 0 Å². The standard InChI is InChI=1S/C50H87N13O10/c1-6-7-8-9-13-16-33(64)28-42(65)56-34(17-21-51)44(67)59-37-20-24-55-43(66)38(25-30(2)3)60-45(68)36(19-23-53)58-50(73)41(29-54)63-48(71)39(26-31(4)5)61-49(72)40(27-32-14-11-10-12-15-32)62-46(69)35(18-22-52)57-47(37)70/h10-12,14-15,30-31,33-41,64H,6-9,13,16-29,51-54H2,1-5H3,(H,55,66)(H,56,65)(H,57,70)(H,58,73)(H,59,67)(H,60,68)(H,61,72)(H,62,69)(H,63,71)/t33-,34-,35+,36+,37+,38+,39+,40-,41+/m1/s1. The van der Waals surface area contributed by atoms with E-state index < -0.39 is 114 Å². The summed E-state index contributed by atoms with van der Waals surface area (Å²) in [5.41, 5.74) is 24.3. The minimum absolute atomic E-state index is 0.0446. The van der Waals surface area contributed by atoms with Crippen molar-refractivity contribution in [1.29, 1.82) is 0 Å². The molecule has 1 aromatic rings. The molecule has 0 aromatic heterocycles. The minimum atomic E-state index is -1.47. The third-order valence-electron chi connectivity index (χ3n) is 12.2. The van der Waals surface area contributed by atoms with Gasteiger partial charge in [-0.15, -0.1) is 0 Å². The quantitative estimate of drug-likeness (QED) is 0.0491. The predicted molar refractivity (Wildman–Crippen MR) is 276 cm³/mol. The maximum atomic E-state index is 14.4. The number of rotatable bonds is 24. The van der Waals surface area contributed by atoms with E-state index in [1.807, 2.05) is 27.7 Å². The van der Waals surface area contributed by atoms with Gasteiger partial charge in [0.25, 0.3) is 0 Å². The number of hydrogen-bond acceptors (Lipinski definition) is 14. The molecule has 73 heavy (non-hydrogen) atoms. The van der Waals surface area contributed by atoms with Gasteiger partial charge in [0.1, 0.15) is 48.3 Å². The maximum absolute atomic E-state index is 14.4. The molecule has 23 heteroatoms. The molecule has 9 amide bonds. The van der Waals surface area contributed by atoms with Crippen LogP contribution in [0, 0.1) is 11.8 Å². The molecule has 0 aliphatic carbocycles. The molecule has 18 N–H and O–H groups in total. The summed E-state index contributed by atoms with van der Waals surface area (Å²) in [4.78, 5) is 125. The van der Waals surface area contributed by atoms with E-state index in [4.69, 9.17) is 22.9 Å². The van der Waals surface area contributed by atoms with E-state index in [9.17, 15) is 48.3 Å². The van der Waals surface area contributed by atoms with Crippen LogP contribution >= 0.6 is 0 Å². The Kier molecular flexibility index (Phi) is 30.1. The van der Waals surface area contributed by atoms with Crippen molar-refractivity contribution in [3.8, 4) is 0 Å². The lowest BCUT2D eigenvalue weighted by Gasteiger charge is -2.28. The lowest BCUT2D eigenvalue weighted by molar-refractivity contribution is -0.136. The first-order chi connectivity index (χ1) is 34.8. The average Bonchev–Trinajstić information content (AvgIpc) is 3.33. The van der Waals surface area contributed by atoms with Gasteiger partial charge in [-0.2, -0.15) is 0 Å². The summed E-state index contributed by atoms with van der Waals surface area (Å²) in [6, 6.07) is -1.75. The van der Waals surface area contributed by atoms with Gasteiger partial charge >= 0.3 is 0 Å². The van der Waals surface area contributed by atoms with Gasteiger partial charge in [0.2, 0.25) is 53.2 Å². The smallest absolute Gasteiger partial charge is 0.244 e. The van der Waals surface area contributed by atoms with Crippen molar-refractivity contribution in [2.45, 2.75) is 179 Å². The molecule has 1 aliphatic heterocycles. The highest BCUT2D eigenvalue weighted by Crippen LogP contribution is 2.13. The summed E-state index contributed by atoms with van der Waals surface area (Å²) in [7, 11) is 0. The van der Waals surface area contributed by atoms with Gasteiger partial charge in [-0.3, -0.25) is 43.2 Å². The Morgan fingerprint density at radius 1 is 0.616 bits per heavy atom. The topological polar surface area (TPSA) is 386 Å². The molecule has 0 spiro atoms. The van der Waals surface area contributed by atoms with Crippen LogP contribution in [-0.2, 0) is 49.6 Å². The summed E-state index contributed by atoms with van der Waals surface area (Å²) in [6.07, 6.45) is 3.60. The Morgan fingerprint density at radius 3 is 1.66 bits per heavy atom. The molecule has 9 atom stereocenters. The van der Waals surface area contributed by atoms with Crippen LogP contribution in [0.2, 0.25) is 0 Å². The molecule has 1 heterocycles. The molecular formula is C50H87N13O10. The number of nitrogens with one attached hydrogen (secondary N) is 9. The molecule has 0 saturated carbocycles. The van der Waals surface area contributed by atoms with E-state index in [2.05, 4.69) is 54.8 Å². The molecular weight excluding hydrogens is 943 g/mol. The van der Waals surface area contributed by atoms with Crippen LogP contribution in [0.15, 0.2) is 30.3 Å². The lowest BCUT2D eigenvalue weighted by atomic mass is 10.00. The van der Waals surface area contributed by atoms with Gasteiger partial charge < -0.3 is 75.9 Å². The first-order valence-electron chi connectivity index (χ1n) is 26.0. The van der Waals surface area contributed by atoms with Crippen LogP contribution < -0.4 is 70.8 Å². The summed E-state index contributed by atoms with van der Waals surface area (Å²) in [6.45, 7) is 8.50. The van der Waals surface area contributed by atoms with Crippen LogP contribution in [0.1, 0.15) is 124 Å². The van der Waals surface area contributed by atoms with Gasteiger partial charge in [-0.1, -0.05) is 97.1 Å². The highest BCUT2D eigenvalue weighted by atomic mass is 16.3. The highest BCUT2D eigenvalue weighted by molar-refractivity contribution is 5.98. The first kappa shape index (κ1) is 63.4. The van der Waals surface area contributed by atoms with E-state index in [0.717, 1.165) is 32.1 Å². The Bertz CT molecular complexity index is 1910. The third-order valence-corrected chi connectivity index (χ3v) is 12.2. The van der Waals surface area contributed by atoms with Gasteiger partial charge in [-0.05, 0) is 82.0 Å². The SMILES string of the molecule is CCCCCCC[C@@H](O)CC(=O)N[C@H](CCN)C(=O)N[C@H]1CCNC(=O)[C@H](CC(C)C)NC(=O)[C@H](CCN)NC(=O)[C@H](CN)NC(=O)[C@H](CC(C)C)NC(=O)[C@@H](Cc2ccccc2)NC(=O)[C@H](CCN)NC1=O. The largest absolute Gasteiger partial charge is 0.393 e. The second-order valence-corrected chi connectivity index (χ2v) is 19.6. The zero-order valence-corrected chi connectivity index (χ0v) is 43.6. The van der Waals surface area contributed by atoms with E-state index in [1.54, 1.807) is 30.3 Å². The number of unbranched alkanes of at least 4 members (excludes halogenated alkanes) is 4.